The summed E-state index contributed by atoms with van der Waals surface area (Å²) in [6.45, 7) is 1.48. The minimum atomic E-state index is 0.552. The molecule has 0 radical (unpaired) electrons. The van der Waals surface area contributed by atoms with E-state index >= 15 is 0 Å². The van der Waals surface area contributed by atoms with Crippen LogP contribution >= 0.6 is 27.5 Å². The van der Waals surface area contributed by atoms with Gasteiger partial charge in [-0.05, 0) is 35.4 Å². The molecule has 0 spiro atoms. The number of methoxy groups -OCH3 is 2. The Balaban J connectivity index is 2.02. The summed E-state index contributed by atoms with van der Waals surface area (Å²) in [5, 5.41) is 3.94. The van der Waals surface area contributed by atoms with E-state index in [1.54, 1.807) is 14.2 Å². The predicted octanol–water partition coefficient (Wildman–Crippen LogP) is 4.41. The van der Waals surface area contributed by atoms with Crippen LogP contribution in [0, 0.1) is 0 Å². The fourth-order valence-corrected chi connectivity index (χ4v) is 2.83. The van der Waals surface area contributed by atoms with E-state index in [2.05, 4.69) is 33.4 Å². The summed E-state index contributed by atoms with van der Waals surface area (Å²) in [6.07, 6.45) is 0. The third-order valence-electron chi connectivity index (χ3n) is 3.04. The van der Waals surface area contributed by atoms with Crippen molar-refractivity contribution in [2.75, 3.05) is 14.2 Å². The van der Waals surface area contributed by atoms with E-state index < -0.39 is 0 Å². The molecule has 2 aromatic carbocycles. The van der Waals surface area contributed by atoms with Crippen LogP contribution in [-0.4, -0.2) is 14.2 Å². The summed E-state index contributed by atoms with van der Waals surface area (Å²) in [5.74, 6) is 1.21. The van der Waals surface area contributed by atoms with Crippen LogP contribution in [0.5, 0.6) is 11.5 Å². The van der Waals surface area contributed by atoms with Gasteiger partial charge in [0.25, 0.3) is 0 Å². The molecule has 0 atom stereocenters. The lowest BCUT2D eigenvalue weighted by Crippen LogP contribution is -2.12. The number of ether oxygens (including phenoxy) is 2. The van der Waals surface area contributed by atoms with Crippen molar-refractivity contribution in [3.05, 3.63) is 57.0 Å². The molecule has 1 N–H and O–H groups in total. The molecule has 2 rings (SSSR count). The van der Waals surface area contributed by atoms with Gasteiger partial charge in [-0.25, -0.2) is 0 Å². The number of hydrogen-bond donors (Lipinski definition) is 1. The molecule has 2 aromatic rings. The van der Waals surface area contributed by atoms with E-state index in [9.17, 15) is 0 Å². The number of hydrogen-bond acceptors (Lipinski definition) is 3. The Hall–Kier alpha value is -1.23. The highest BCUT2D eigenvalue weighted by Gasteiger charge is 2.10. The molecule has 0 aliphatic carbocycles. The first-order valence-corrected chi connectivity index (χ1v) is 7.66. The quantitative estimate of drug-likeness (QED) is 0.817. The molecule has 0 unspecified atom stereocenters. The van der Waals surface area contributed by atoms with E-state index in [1.807, 2.05) is 24.3 Å². The molecule has 0 amide bonds. The van der Waals surface area contributed by atoms with Gasteiger partial charge < -0.3 is 14.8 Å². The normalized spacial score (nSPS) is 10.5. The molecule has 3 nitrogen and oxygen atoms in total. The molecule has 0 heterocycles. The third kappa shape index (κ3) is 4.37. The Morgan fingerprint density at radius 2 is 1.81 bits per heavy atom. The molecule has 112 valence electrons. The second kappa shape index (κ2) is 7.69. The number of nitrogens with one attached hydrogen (secondary N) is 1. The lowest BCUT2D eigenvalue weighted by Gasteiger charge is -2.12. The first-order chi connectivity index (χ1) is 10.1. The Morgan fingerprint density at radius 3 is 2.48 bits per heavy atom. The van der Waals surface area contributed by atoms with Crippen molar-refractivity contribution in [1.82, 2.24) is 5.32 Å². The molecule has 0 aliphatic heterocycles. The summed E-state index contributed by atoms with van der Waals surface area (Å²) < 4.78 is 11.6. The number of benzene rings is 2. The molecular formula is C16H17BrClNO2. The third-order valence-corrected chi connectivity index (χ3v) is 3.81. The van der Waals surface area contributed by atoms with Crippen molar-refractivity contribution in [2.45, 2.75) is 13.1 Å². The lowest BCUT2D eigenvalue weighted by molar-refractivity contribution is 0.354. The van der Waals surface area contributed by atoms with Gasteiger partial charge in [0.05, 0.1) is 19.2 Å². The van der Waals surface area contributed by atoms with Crippen LogP contribution in [0.15, 0.2) is 40.9 Å². The van der Waals surface area contributed by atoms with Gasteiger partial charge in [-0.3, -0.25) is 0 Å². The topological polar surface area (TPSA) is 30.5 Å². The van der Waals surface area contributed by atoms with Crippen LogP contribution < -0.4 is 14.8 Å². The highest BCUT2D eigenvalue weighted by Crippen LogP contribution is 2.35. The first kappa shape index (κ1) is 16.1. The standard InChI is InChI=1S/C16H17BrClNO2/c1-20-15-8-12(7-14(18)16(15)21-2)10-19-9-11-4-3-5-13(17)6-11/h3-8,19H,9-10H2,1-2H3. The maximum absolute atomic E-state index is 6.19. The van der Waals surface area contributed by atoms with Crippen molar-refractivity contribution in [1.29, 1.82) is 0 Å². The van der Waals surface area contributed by atoms with Crippen LogP contribution in [-0.2, 0) is 13.1 Å². The Labute approximate surface area is 138 Å². The van der Waals surface area contributed by atoms with Crippen molar-refractivity contribution in [3.63, 3.8) is 0 Å². The van der Waals surface area contributed by atoms with E-state index in [-0.39, 0.29) is 0 Å². The Bertz CT molecular complexity index is 619. The zero-order valence-corrected chi connectivity index (χ0v) is 14.3. The first-order valence-electron chi connectivity index (χ1n) is 6.49. The molecule has 0 saturated heterocycles. The van der Waals surface area contributed by atoms with Crippen molar-refractivity contribution < 1.29 is 9.47 Å². The summed E-state index contributed by atoms with van der Waals surface area (Å²) in [5.41, 5.74) is 2.27. The van der Waals surface area contributed by atoms with E-state index in [4.69, 9.17) is 21.1 Å². The Morgan fingerprint density at radius 1 is 1.05 bits per heavy atom. The number of halogens is 2. The SMILES string of the molecule is COc1cc(CNCc2cccc(Br)c2)cc(Cl)c1OC. The monoisotopic (exact) mass is 369 g/mol. The summed E-state index contributed by atoms with van der Waals surface area (Å²) >= 11 is 9.66. The second-order valence-electron chi connectivity index (χ2n) is 4.55. The van der Waals surface area contributed by atoms with Gasteiger partial charge in [0.2, 0.25) is 0 Å². The summed E-state index contributed by atoms with van der Waals surface area (Å²) in [6, 6.07) is 12.0. The van der Waals surface area contributed by atoms with Gasteiger partial charge in [-0.15, -0.1) is 0 Å². The second-order valence-corrected chi connectivity index (χ2v) is 5.87. The van der Waals surface area contributed by atoms with Crippen LogP contribution in [0.25, 0.3) is 0 Å². The predicted molar refractivity (Wildman–Crippen MR) is 89.2 cm³/mol. The van der Waals surface area contributed by atoms with E-state index in [0.717, 1.165) is 16.6 Å². The zero-order chi connectivity index (χ0) is 15.2. The molecule has 5 heteroatoms. The van der Waals surface area contributed by atoms with Crippen LogP contribution in [0.1, 0.15) is 11.1 Å². The van der Waals surface area contributed by atoms with Crippen LogP contribution in [0.4, 0.5) is 0 Å². The molecular weight excluding hydrogens is 354 g/mol. The minimum absolute atomic E-state index is 0.552. The van der Waals surface area contributed by atoms with Gasteiger partial charge >= 0.3 is 0 Å². The fraction of sp³-hybridized carbons (Fsp3) is 0.250. The maximum Gasteiger partial charge on any atom is 0.179 e. The average molecular weight is 371 g/mol. The smallest absolute Gasteiger partial charge is 0.179 e. The molecule has 0 fully saturated rings. The van der Waals surface area contributed by atoms with Gasteiger partial charge in [0, 0.05) is 17.6 Å². The molecule has 21 heavy (non-hydrogen) atoms. The zero-order valence-electron chi connectivity index (χ0n) is 12.0. The highest BCUT2D eigenvalue weighted by molar-refractivity contribution is 9.10. The molecule has 0 aliphatic rings. The van der Waals surface area contributed by atoms with Gasteiger partial charge in [0.1, 0.15) is 0 Å². The fourth-order valence-electron chi connectivity index (χ4n) is 2.07. The Kier molecular flexibility index (Phi) is 5.91. The van der Waals surface area contributed by atoms with Gasteiger partial charge in [-0.1, -0.05) is 39.7 Å². The van der Waals surface area contributed by atoms with Crippen molar-refractivity contribution in [2.24, 2.45) is 0 Å². The molecule has 0 bridgehead atoms. The lowest BCUT2D eigenvalue weighted by atomic mass is 10.2. The maximum atomic E-state index is 6.19. The molecule has 0 saturated carbocycles. The minimum Gasteiger partial charge on any atom is -0.493 e. The van der Waals surface area contributed by atoms with Crippen LogP contribution in [0.3, 0.4) is 0 Å². The summed E-state index contributed by atoms with van der Waals surface area (Å²) in [4.78, 5) is 0. The van der Waals surface area contributed by atoms with E-state index in [1.165, 1.54) is 5.56 Å². The summed E-state index contributed by atoms with van der Waals surface area (Å²) in [7, 11) is 3.18. The van der Waals surface area contributed by atoms with Gasteiger partial charge in [-0.2, -0.15) is 0 Å². The highest BCUT2D eigenvalue weighted by atomic mass is 79.9. The average Bonchev–Trinajstić information content (AvgIpc) is 2.46. The van der Waals surface area contributed by atoms with Crippen molar-refractivity contribution >= 4 is 27.5 Å². The number of rotatable bonds is 6. The van der Waals surface area contributed by atoms with Crippen LogP contribution in [0.2, 0.25) is 5.02 Å². The largest absolute Gasteiger partial charge is 0.493 e. The van der Waals surface area contributed by atoms with Gasteiger partial charge in [0.15, 0.2) is 11.5 Å². The van der Waals surface area contributed by atoms with Crippen molar-refractivity contribution in [3.8, 4) is 11.5 Å². The van der Waals surface area contributed by atoms with E-state index in [0.29, 0.717) is 23.1 Å². The molecule has 0 aromatic heterocycles.